The molecule has 1 aliphatic rings. The molecule has 1 aromatic heterocycles. The lowest BCUT2D eigenvalue weighted by Gasteiger charge is -2.17. The summed E-state index contributed by atoms with van der Waals surface area (Å²) in [5.41, 5.74) is 0.451. The van der Waals surface area contributed by atoms with Gasteiger partial charge in [-0.3, -0.25) is 4.79 Å². The van der Waals surface area contributed by atoms with Gasteiger partial charge in [0.2, 0.25) is 5.95 Å². The van der Waals surface area contributed by atoms with Crippen LogP contribution in [-0.4, -0.2) is 30.6 Å². The van der Waals surface area contributed by atoms with Gasteiger partial charge in [0.1, 0.15) is 0 Å². The van der Waals surface area contributed by atoms with Gasteiger partial charge in [0.25, 0.3) is 0 Å². The Bertz CT molecular complexity index is 456. The highest BCUT2D eigenvalue weighted by Crippen LogP contribution is 2.31. The van der Waals surface area contributed by atoms with Crippen molar-refractivity contribution in [3.8, 4) is 0 Å². The van der Waals surface area contributed by atoms with Crippen molar-refractivity contribution >= 4 is 21.9 Å². The Balaban J connectivity index is 2.25. The molecule has 0 radical (unpaired) electrons. The van der Waals surface area contributed by atoms with Crippen LogP contribution in [0.2, 0.25) is 0 Å². The van der Waals surface area contributed by atoms with E-state index >= 15 is 0 Å². The molecule has 1 N–H and O–H groups in total. The van der Waals surface area contributed by atoms with Crippen molar-refractivity contribution in [2.75, 3.05) is 19.7 Å². The van der Waals surface area contributed by atoms with Crippen molar-refractivity contribution in [3.63, 3.8) is 0 Å². The number of nitrogens with one attached hydrogen (secondary N) is 1. The van der Waals surface area contributed by atoms with Gasteiger partial charge in [-0.25, -0.2) is 4.98 Å². The van der Waals surface area contributed by atoms with E-state index in [9.17, 15) is 9.18 Å². The highest BCUT2D eigenvalue weighted by Gasteiger charge is 2.36. The lowest BCUT2D eigenvalue weighted by molar-refractivity contribution is -0.147. The van der Waals surface area contributed by atoms with Gasteiger partial charge in [0.15, 0.2) is 0 Å². The highest BCUT2D eigenvalue weighted by atomic mass is 79.9. The minimum atomic E-state index is -0.527. The lowest BCUT2D eigenvalue weighted by Crippen LogP contribution is -2.24. The number of carbonyl (C=O) groups excluding carboxylic acids is 1. The van der Waals surface area contributed by atoms with Crippen molar-refractivity contribution in [3.05, 3.63) is 28.2 Å². The first-order chi connectivity index (χ1) is 8.63. The quantitative estimate of drug-likeness (QED) is 0.683. The van der Waals surface area contributed by atoms with Crippen molar-refractivity contribution < 1.29 is 13.9 Å². The number of carbonyl (C=O) groups is 1. The Morgan fingerprint density at radius 2 is 2.44 bits per heavy atom. The maximum atomic E-state index is 13.7. The Morgan fingerprint density at radius 1 is 1.67 bits per heavy atom. The molecule has 0 aliphatic carbocycles. The molecular formula is C12H14BrFN2O2. The summed E-state index contributed by atoms with van der Waals surface area (Å²) in [6, 6.07) is 1.67. The molecule has 0 aromatic carbocycles. The summed E-state index contributed by atoms with van der Waals surface area (Å²) in [5.74, 6) is -1.39. The zero-order valence-corrected chi connectivity index (χ0v) is 11.5. The van der Waals surface area contributed by atoms with Gasteiger partial charge in [0, 0.05) is 35.2 Å². The van der Waals surface area contributed by atoms with Crippen LogP contribution in [0.1, 0.15) is 18.4 Å². The van der Waals surface area contributed by atoms with Gasteiger partial charge >= 0.3 is 5.97 Å². The third kappa shape index (κ3) is 2.70. The number of nitrogens with zero attached hydrogens (tertiary/aromatic N) is 1. The molecule has 2 rings (SSSR count). The van der Waals surface area contributed by atoms with Gasteiger partial charge in [0.05, 0.1) is 12.5 Å². The molecule has 4 nitrogen and oxygen atoms in total. The minimum absolute atomic E-state index is 0.228. The molecule has 0 amide bonds. The van der Waals surface area contributed by atoms with E-state index in [4.69, 9.17) is 4.74 Å². The molecule has 0 spiro atoms. The van der Waals surface area contributed by atoms with E-state index in [2.05, 4.69) is 26.2 Å². The Hall–Kier alpha value is -1.01. The zero-order valence-electron chi connectivity index (χ0n) is 9.95. The van der Waals surface area contributed by atoms with Crippen LogP contribution in [0.3, 0.4) is 0 Å². The lowest BCUT2D eigenvalue weighted by atomic mass is 9.90. The van der Waals surface area contributed by atoms with Crippen LogP contribution in [0.25, 0.3) is 0 Å². The molecular weight excluding hydrogens is 303 g/mol. The normalized spacial score (nSPS) is 23.1. The van der Waals surface area contributed by atoms with Crippen LogP contribution in [0.15, 0.2) is 16.7 Å². The fourth-order valence-corrected chi connectivity index (χ4v) is 2.55. The molecule has 2 heterocycles. The summed E-state index contributed by atoms with van der Waals surface area (Å²) >= 11 is 3.27. The van der Waals surface area contributed by atoms with Crippen LogP contribution >= 0.6 is 15.9 Å². The van der Waals surface area contributed by atoms with Gasteiger partial charge < -0.3 is 10.1 Å². The monoisotopic (exact) mass is 316 g/mol. The maximum Gasteiger partial charge on any atom is 0.310 e. The third-order valence-corrected chi connectivity index (χ3v) is 3.47. The van der Waals surface area contributed by atoms with Gasteiger partial charge in [-0.15, -0.1) is 0 Å². The first-order valence-electron chi connectivity index (χ1n) is 5.81. The predicted molar refractivity (Wildman–Crippen MR) is 67.6 cm³/mol. The molecule has 1 aliphatic heterocycles. The van der Waals surface area contributed by atoms with Gasteiger partial charge in [-0.1, -0.05) is 0 Å². The molecule has 18 heavy (non-hydrogen) atoms. The SMILES string of the molecule is CCOC(=O)C1CNCC1c1cc(Br)cnc1F. The van der Waals surface area contributed by atoms with E-state index in [1.54, 1.807) is 13.0 Å². The van der Waals surface area contributed by atoms with E-state index in [1.807, 2.05) is 0 Å². The molecule has 98 valence electrons. The van der Waals surface area contributed by atoms with E-state index in [0.717, 1.165) is 0 Å². The number of esters is 1. The van der Waals surface area contributed by atoms with Crippen molar-refractivity contribution in [2.45, 2.75) is 12.8 Å². The minimum Gasteiger partial charge on any atom is -0.466 e. The molecule has 1 saturated heterocycles. The standard InChI is InChI=1S/C12H14BrFN2O2/c1-2-18-12(17)10-6-15-5-9(10)8-3-7(13)4-16-11(8)14/h3-4,9-10,15H,2,5-6H2,1H3. The molecule has 1 aromatic rings. The summed E-state index contributed by atoms with van der Waals surface area (Å²) in [7, 11) is 0. The molecule has 1 fully saturated rings. The van der Waals surface area contributed by atoms with Crippen molar-refractivity contribution in [2.24, 2.45) is 5.92 Å². The smallest absolute Gasteiger partial charge is 0.310 e. The van der Waals surface area contributed by atoms with Gasteiger partial charge in [-0.2, -0.15) is 4.39 Å². The fourth-order valence-electron chi connectivity index (χ4n) is 2.20. The molecule has 2 atom stereocenters. The van der Waals surface area contributed by atoms with E-state index in [-0.39, 0.29) is 17.8 Å². The summed E-state index contributed by atoms with van der Waals surface area (Å²) in [5, 5.41) is 3.10. The van der Waals surface area contributed by atoms with Crippen LogP contribution in [0.5, 0.6) is 0 Å². The third-order valence-electron chi connectivity index (χ3n) is 3.04. The Kier molecular flexibility index (Phi) is 4.29. The molecule has 6 heteroatoms. The zero-order chi connectivity index (χ0) is 13.1. The summed E-state index contributed by atoms with van der Waals surface area (Å²) in [6.45, 7) is 3.16. The van der Waals surface area contributed by atoms with Crippen LogP contribution in [-0.2, 0) is 9.53 Å². The second-order valence-corrected chi connectivity index (χ2v) is 5.07. The summed E-state index contributed by atoms with van der Waals surface area (Å²) < 4.78 is 19.4. The van der Waals surface area contributed by atoms with Crippen LogP contribution in [0.4, 0.5) is 4.39 Å². The molecule has 0 saturated carbocycles. The largest absolute Gasteiger partial charge is 0.466 e. The first kappa shape index (κ1) is 13.4. The fraction of sp³-hybridized carbons (Fsp3) is 0.500. The Labute approximate surface area is 113 Å². The van der Waals surface area contributed by atoms with Crippen molar-refractivity contribution in [1.82, 2.24) is 10.3 Å². The average molecular weight is 317 g/mol. The Morgan fingerprint density at radius 3 is 3.17 bits per heavy atom. The van der Waals surface area contributed by atoms with Gasteiger partial charge in [-0.05, 0) is 28.9 Å². The average Bonchev–Trinajstić information content (AvgIpc) is 2.81. The molecule has 0 bridgehead atoms. The summed E-state index contributed by atoms with van der Waals surface area (Å²) in [6.07, 6.45) is 1.40. The van der Waals surface area contributed by atoms with Crippen LogP contribution in [0, 0.1) is 11.9 Å². The second-order valence-electron chi connectivity index (χ2n) is 4.16. The maximum absolute atomic E-state index is 13.7. The number of aromatic nitrogens is 1. The highest BCUT2D eigenvalue weighted by molar-refractivity contribution is 9.10. The first-order valence-corrected chi connectivity index (χ1v) is 6.61. The van der Waals surface area contributed by atoms with E-state index in [0.29, 0.717) is 29.7 Å². The van der Waals surface area contributed by atoms with E-state index < -0.39 is 5.95 Å². The number of ether oxygens (including phenoxy) is 1. The number of rotatable bonds is 3. The predicted octanol–water partition coefficient (Wildman–Crippen LogP) is 1.85. The number of pyridine rings is 1. The number of hydrogen-bond donors (Lipinski definition) is 1. The van der Waals surface area contributed by atoms with Crippen molar-refractivity contribution in [1.29, 1.82) is 0 Å². The number of halogens is 2. The second kappa shape index (κ2) is 5.75. The summed E-state index contributed by atoms with van der Waals surface area (Å²) in [4.78, 5) is 15.5. The number of hydrogen-bond acceptors (Lipinski definition) is 4. The molecule has 2 unspecified atom stereocenters. The van der Waals surface area contributed by atoms with Crippen LogP contribution < -0.4 is 5.32 Å². The topological polar surface area (TPSA) is 51.2 Å². The van der Waals surface area contributed by atoms with E-state index in [1.165, 1.54) is 6.20 Å².